The Hall–Kier alpha value is -0.320. The van der Waals surface area contributed by atoms with Crippen molar-refractivity contribution in [3.05, 3.63) is 29.0 Å². The maximum absolute atomic E-state index is 10.6. The van der Waals surface area contributed by atoms with Crippen LogP contribution in [0.4, 0.5) is 0 Å². The predicted molar refractivity (Wildman–Crippen MR) is 52.6 cm³/mol. The number of hydrogen-bond donors (Lipinski definition) is 0. The van der Waals surface area contributed by atoms with E-state index in [4.69, 9.17) is 22.3 Å². The first kappa shape index (κ1) is 10.8. The smallest absolute Gasteiger partial charge is 0.232 e. The first-order valence-corrected chi connectivity index (χ1v) is 6.36. The van der Waals surface area contributed by atoms with Crippen LogP contribution in [-0.4, -0.2) is 19.2 Å². The van der Waals surface area contributed by atoms with Crippen molar-refractivity contribution in [2.45, 2.75) is 6.42 Å². The second-order valence-corrected chi connectivity index (χ2v) is 5.70. The molecule has 13 heavy (non-hydrogen) atoms. The maximum Gasteiger partial charge on any atom is 0.232 e. The fourth-order valence-electron chi connectivity index (χ4n) is 0.838. The minimum Gasteiger partial charge on any atom is -0.244 e. The molecule has 6 heteroatoms. The van der Waals surface area contributed by atoms with Gasteiger partial charge in [0.15, 0.2) is 0 Å². The van der Waals surface area contributed by atoms with E-state index in [1.807, 2.05) is 0 Å². The number of nitrogens with zero attached hydrogens (tertiary/aromatic N) is 1. The van der Waals surface area contributed by atoms with Gasteiger partial charge < -0.3 is 0 Å². The van der Waals surface area contributed by atoms with Crippen molar-refractivity contribution in [2.24, 2.45) is 0 Å². The number of aryl methyl sites for hydroxylation is 1. The summed E-state index contributed by atoms with van der Waals surface area (Å²) in [6, 6.07) is 3.42. The molecule has 1 aromatic rings. The second-order valence-electron chi connectivity index (χ2n) is 2.45. The monoisotopic (exact) mass is 239 g/mol. The van der Waals surface area contributed by atoms with Crippen molar-refractivity contribution in [1.29, 1.82) is 0 Å². The van der Waals surface area contributed by atoms with Gasteiger partial charge in [0.1, 0.15) is 5.15 Å². The Morgan fingerprint density at radius 2 is 2.15 bits per heavy atom. The Labute approximate surface area is 86.1 Å². The molecule has 1 aromatic heterocycles. The number of rotatable bonds is 3. The van der Waals surface area contributed by atoms with Crippen molar-refractivity contribution < 1.29 is 8.42 Å². The van der Waals surface area contributed by atoms with Gasteiger partial charge >= 0.3 is 0 Å². The van der Waals surface area contributed by atoms with E-state index < -0.39 is 9.05 Å². The van der Waals surface area contributed by atoms with E-state index in [1.54, 1.807) is 18.3 Å². The molecule has 0 spiro atoms. The molecule has 0 aliphatic rings. The summed E-state index contributed by atoms with van der Waals surface area (Å²) in [5.41, 5.74) is 0.688. The van der Waals surface area contributed by atoms with Gasteiger partial charge in [-0.15, -0.1) is 0 Å². The van der Waals surface area contributed by atoms with Crippen molar-refractivity contribution in [3.8, 4) is 0 Å². The molecule has 0 aliphatic heterocycles. The molecule has 0 unspecified atom stereocenters. The summed E-state index contributed by atoms with van der Waals surface area (Å²) in [6.45, 7) is 0. The molecule has 0 amide bonds. The van der Waals surface area contributed by atoms with Crippen LogP contribution in [-0.2, 0) is 15.5 Å². The van der Waals surface area contributed by atoms with E-state index >= 15 is 0 Å². The van der Waals surface area contributed by atoms with Crippen LogP contribution in [0.15, 0.2) is 18.3 Å². The molecular formula is C7H7Cl2NO2S. The predicted octanol–water partition coefficient (Wildman–Crippen LogP) is 1.85. The summed E-state index contributed by atoms with van der Waals surface area (Å²) in [5, 5.41) is 0.322. The largest absolute Gasteiger partial charge is 0.244 e. The number of halogens is 2. The first-order chi connectivity index (χ1) is 5.99. The molecule has 1 heterocycles. The van der Waals surface area contributed by atoms with E-state index in [2.05, 4.69) is 4.98 Å². The number of hydrogen-bond acceptors (Lipinski definition) is 3. The van der Waals surface area contributed by atoms with E-state index in [9.17, 15) is 8.42 Å². The van der Waals surface area contributed by atoms with Crippen LogP contribution >= 0.6 is 22.3 Å². The molecular weight excluding hydrogens is 233 g/mol. The maximum atomic E-state index is 10.6. The molecule has 0 fully saturated rings. The molecule has 0 saturated heterocycles. The van der Waals surface area contributed by atoms with Gasteiger partial charge in [-0.05, 0) is 18.1 Å². The minimum absolute atomic E-state index is 0.125. The van der Waals surface area contributed by atoms with Gasteiger partial charge in [-0.25, -0.2) is 13.4 Å². The summed E-state index contributed by atoms with van der Waals surface area (Å²) in [7, 11) is 1.59. The highest BCUT2D eigenvalue weighted by atomic mass is 35.7. The van der Waals surface area contributed by atoms with Gasteiger partial charge in [0.2, 0.25) is 9.05 Å². The van der Waals surface area contributed by atoms with Gasteiger partial charge in [-0.1, -0.05) is 17.7 Å². The minimum atomic E-state index is -3.45. The topological polar surface area (TPSA) is 47.0 Å². The van der Waals surface area contributed by atoms with Crippen LogP contribution in [0.25, 0.3) is 0 Å². The average Bonchev–Trinajstić information content (AvgIpc) is 2.01. The van der Waals surface area contributed by atoms with E-state index in [0.717, 1.165) is 0 Å². The molecule has 0 bridgehead atoms. The third-order valence-electron chi connectivity index (χ3n) is 1.45. The van der Waals surface area contributed by atoms with Crippen LogP contribution in [0.1, 0.15) is 5.56 Å². The standard InChI is InChI=1S/C7H7Cl2NO2S/c8-7-6(2-1-4-10-7)3-5-13(9,11)12/h1-2,4H,3,5H2. The summed E-state index contributed by atoms with van der Waals surface area (Å²) >= 11 is 5.70. The van der Waals surface area contributed by atoms with Gasteiger partial charge in [0.25, 0.3) is 0 Å². The molecule has 72 valence electrons. The van der Waals surface area contributed by atoms with Gasteiger partial charge in [0.05, 0.1) is 5.75 Å². The Bertz CT molecular complexity index is 391. The van der Waals surface area contributed by atoms with Gasteiger partial charge in [0, 0.05) is 16.9 Å². The highest BCUT2D eigenvalue weighted by molar-refractivity contribution is 8.13. The zero-order valence-corrected chi connectivity index (χ0v) is 8.90. The highest BCUT2D eigenvalue weighted by Gasteiger charge is 2.07. The average molecular weight is 240 g/mol. The van der Waals surface area contributed by atoms with Crippen LogP contribution in [0.3, 0.4) is 0 Å². The SMILES string of the molecule is O=S(=O)(Cl)CCc1cccnc1Cl. The van der Waals surface area contributed by atoms with Crippen molar-refractivity contribution >= 4 is 31.3 Å². The molecule has 0 saturated carbocycles. The summed E-state index contributed by atoms with van der Waals surface area (Å²) in [6.07, 6.45) is 1.83. The lowest BCUT2D eigenvalue weighted by Gasteiger charge is -1.99. The summed E-state index contributed by atoms with van der Waals surface area (Å²) < 4.78 is 21.2. The molecule has 1 rings (SSSR count). The van der Waals surface area contributed by atoms with Crippen LogP contribution in [0.5, 0.6) is 0 Å². The summed E-state index contributed by atoms with van der Waals surface area (Å²) in [4.78, 5) is 3.81. The van der Waals surface area contributed by atoms with Crippen LogP contribution < -0.4 is 0 Å². The third kappa shape index (κ3) is 3.93. The Kier molecular flexibility index (Phi) is 3.53. The molecule has 3 nitrogen and oxygen atoms in total. The third-order valence-corrected chi connectivity index (χ3v) is 2.95. The fraction of sp³-hybridized carbons (Fsp3) is 0.286. The number of pyridine rings is 1. The summed E-state index contributed by atoms with van der Waals surface area (Å²) in [5.74, 6) is -0.125. The van der Waals surface area contributed by atoms with Crippen molar-refractivity contribution in [2.75, 3.05) is 5.75 Å². The molecule has 0 radical (unpaired) electrons. The quantitative estimate of drug-likeness (QED) is 0.598. The first-order valence-electron chi connectivity index (χ1n) is 3.51. The van der Waals surface area contributed by atoms with Gasteiger partial charge in [-0.3, -0.25) is 0 Å². The molecule has 0 N–H and O–H groups in total. The number of aromatic nitrogens is 1. The Morgan fingerprint density at radius 1 is 1.46 bits per heavy atom. The Morgan fingerprint density at radius 3 is 2.69 bits per heavy atom. The second kappa shape index (κ2) is 4.26. The molecule has 0 atom stereocenters. The molecule has 0 aliphatic carbocycles. The van der Waals surface area contributed by atoms with Crippen molar-refractivity contribution in [1.82, 2.24) is 4.98 Å². The van der Waals surface area contributed by atoms with E-state index in [-0.39, 0.29) is 5.75 Å². The van der Waals surface area contributed by atoms with E-state index in [1.165, 1.54) is 0 Å². The fourth-order valence-corrected chi connectivity index (χ4v) is 1.75. The molecule has 0 aromatic carbocycles. The van der Waals surface area contributed by atoms with E-state index in [0.29, 0.717) is 17.1 Å². The zero-order valence-electron chi connectivity index (χ0n) is 6.57. The van der Waals surface area contributed by atoms with Crippen molar-refractivity contribution in [3.63, 3.8) is 0 Å². The Balaban J connectivity index is 2.71. The lowest BCUT2D eigenvalue weighted by atomic mass is 10.2. The highest BCUT2D eigenvalue weighted by Crippen LogP contribution is 2.13. The zero-order chi connectivity index (χ0) is 9.90. The van der Waals surface area contributed by atoms with Gasteiger partial charge in [-0.2, -0.15) is 0 Å². The van der Waals surface area contributed by atoms with Crippen LogP contribution in [0, 0.1) is 0 Å². The normalized spacial score (nSPS) is 11.5. The van der Waals surface area contributed by atoms with Crippen LogP contribution in [0.2, 0.25) is 5.15 Å². The lowest BCUT2D eigenvalue weighted by molar-refractivity contribution is 0.609. The lowest BCUT2D eigenvalue weighted by Crippen LogP contribution is -2.01.